The standard InChI is InChI=1S/C12H16N4O2/c13-12(17)9-18-6-4-14-7-10-8-15-16-5-2-1-3-11(10)16/h1-3,5,8,14H,4,6-7,9H2,(H2,13,17). The average molecular weight is 248 g/mol. The Balaban J connectivity index is 1.75. The Morgan fingerprint density at radius 2 is 2.39 bits per heavy atom. The summed E-state index contributed by atoms with van der Waals surface area (Å²) in [5, 5.41) is 7.46. The highest BCUT2D eigenvalue weighted by Crippen LogP contribution is 2.08. The topological polar surface area (TPSA) is 81.7 Å². The zero-order valence-corrected chi connectivity index (χ0v) is 10.0. The van der Waals surface area contributed by atoms with E-state index in [0.29, 0.717) is 19.7 Å². The van der Waals surface area contributed by atoms with Crippen molar-refractivity contribution in [2.24, 2.45) is 5.73 Å². The Labute approximate surface area is 105 Å². The molecule has 2 aromatic heterocycles. The maximum atomic E-state index is 10.4. The number of aromatic nitrogens is 2. The monoisotopic (exact) mass is 248 g/mol. The van der Waals surface area contributed by atoms with Gasteiger partial charge in [0.05, 0.1) is 18.3 Å². The highest BCUT2D eigenvalue weighted by Gasteiger charge is 2.02. The first-order valence-electron chi connectivity index (χ1n) is 5.75. The largest absolute Gasteiger partial charge is 0.370 e. The smallest absolute Gasteiger partial charge is 0.243 e. The molecule has 2 aromatic rings. The van der Waals surface area contributed by atoms with Gasteiger partial charge in [0.1, 0.15) is 6.61 Å². The first-order chi connectivity index (χ1) is 8.77. The summed E-state index contributed by atoms with van der Waals surface area (Å²) in [5.74, 6) is -0.447. The van der Waals surface area contributed by atoms with Crippen molar-refractivity contribution in [2.75, 3.05) is 19.8 Å². The fourth-order valence-electron chi connectivity index (χ4n) is 1.66. The molecular formula is C12H16N4O2. The summed E-state index contributed by atoms with van der Waals surface area (Å²) in [6.45, 7) is 1.81. The lowest BCUT2D eigenvalue weighted by molar-refractivity contribution is -0.122. The lowest BCUT2D eigenvalue weighted by Crippen LogP contribution is -2.23. The van der Waals surface area contributed by atoms with Gasteiger partial charge >= 0.3 is 0 Å². The Hall–Kier alpha value is -1.92. The third kappa shape index (κ3) is 3.28. The minimum Gasteiger partial charge on any atom is -0.370 e. The summed E-state index contributed by atoms with van der Waals surface area (Å²) in [4.78, 5) is 10.4. The van der Waals surface area contributed by atoms with E-state index in [1.54, 1.807) is 0 Å². The zero-order chi connectivity index (χ0) is 12.8. The van der Waals surface area contributed by atoms with Gasteiger partial charge in [-0.2, -0.15) is 5.10 Å². The van der Waals surface area contributed by atoms with Gasteiger partial charge in [-0.25, -0.2) is 4.52 Å². The minimum absolute atomic E-state index is 0.0294. The molecule has 96 valence electrons. The van der Waals surface area contributed by atoms with Crippen molar-refractivity contribution in [3.05, 3.63) is 36.2 Å². The minimum atomic E-state index is -0.447. The molecule has 0 spiro atoms. The van der Waals surface area contributed by atoms with E-state index in [0.717, 1.165) is 11.1 Å². The third-order valence-electron chi connectivity index (χ3n) is 2.49. The maximum absolute atomic E-state index is 10.4. The van der Waals surface area contributed by atoms with Crippen LogP contribution in [0, 0.1) is 0 Å². The summed E-state index contributed by atoms with van der Waals surface area (Å²) in [6.07, 6.45) is 3.75. The second kappa shape index (κ2) is 6.13. The number of nitrogens with two attached hydrogens (primary N) is 1. The van der Waals surface area contributed by atoms with E-state index >= 15 is 0 Å². The van der Waals surface area contributed by atoms with Gasteiger partial charge in [-0.3, -0.25) is 4.79 Å². The number of carbonyl (C=O) groups excluding carboxylic acids is 1. The van der Waals surface area contributed by atoms with Crippen LogP contribution >= 0.6 is 0 Å². The van der Waals surface area contributed by atoms with Crippen molar-refractivity contribution in [3.8, 4) is 0 Å². The summed E-state index contributed by atoms with van der Waals surface area (Å²) in [6, 6.07) is 5.94. The van der Waals surface area contributed by atoms with Gasteiger partial charge < -0.3 is 15.8 Å². The van der Waals surface area contributed by atoms with Gasteiger partial charge in [-0.05, 0) is 12.1 Å². The molecule has 0 saturated carbocycles. The Kier molecular flexibility index (Phi) is 4.27. The van der Waals surface area contributed by atoms with Crippen LogP contribution in [0.5, 0.6) is 0 Å². The number of pyridine rings is 1. The predicted octanol–water partition coefficient (Wildman–Crippen LogP) is -0.0742. The summed E-state index contributed by atoms with van der Waals surface area (Å²) in [5.41, 5.74) is 7.17. The van der Waals surface area contributed by atoms with E-state index in [4.69, 9.17) is 10.5 Å². The fraction of sp³-hybridized carbons (Fsp3) is 0.333. The number of hydrogen-bond acceptors (Lipinski definition) is 4. The molecule has 0 unspecified atom stereocenters. The van der Waals surface area contributed by atoms with Crippen molar-refractivity contribution < 1.29 is 9.53 Å². The van der Waals surface area contributed by atoms with Gasteiger partial charge in [0.15, 0.2) is 0 Å². The lowest BCUT2D eigenvalue weighted by Gasteiger charge is -2.04. The molecule has 0 fully saturated rings. The molecule has 2 heterocycles. The van der Waals surface area contributed by atoms with E-state index in [-0.39, 0.29) is 6.61 Å². The number of rotatable bonds is 7. The van der Waals surface area contributed by atoms with Gasteiger partial charge in [0, 0.05) is 24.8 Å². The molecule has 0 aliphatic rings. The van der Waals surface area contributed by atoms with Crippen molar-refractivity contribution in [1.82, 2.24) is 14.9 Å². The van der Waals surface area contributed by atoms with E-state index in [9.17, 15) is 4.79 Å². The fourth-order valence-corrected chi connectivity index (χ4v) is 1.66. The first-order valence-corrected chi connectivity index (χ1v) is 5.75. The molecule has 0 aliphatic carbocycles. The van der Waals surface area contributed by atoms with Crippen LogP contribution in [0.15, 0.2) is 30.6 Å². The van der Waals surface area contributed by atoms with Crippen LogP contribution in [0.25, 0.3) is 5.52 Å². The molecule has 0 saturated heterocycles. The second-order valence-corrected chi connectivity index (χ2v) is 3.90. The highest BCUT2D eigenvalue weighted by molar-refractivity contribution is 5.74. The number of hydrogen-bond donors (Lipinski definition) is 2. The number of ether oxygens (including phenoxy) is 1. The number of primary amides is 1. The van der Waals surface area contributed by atoms with Gasteiger partial charge in [-0.15, -0.1) is 0 Å². The van der Waals surface area contributed by atoms with Crippen LogP contribution in [0.4, 0.5) is 0 Å². The molecule has 0 radical (unpaired) electrons. The van der Waals surface area contributed by atoms with E-state index in [1.165, 1.54) is 0 Å². The first kappa shape index (κ1) is 12.5. The highest BCUT2D eigenvalue weighted by atomic mass is 16.5. The number of nitrogens with one attached hydrogen (secondary N) is 1. The number of nitrogens with zero attached hydrogens (tertiary/aromatic N) is 2. The van der Waals surface area contributed by atoms with Gasteiger partial charge in [0.25, 0.3) is 0 Å². The summed E-state index contributed by atoms with van der Waals surface area (Å²) in [7, 11) is 0. The van der Waals surface area contributed by atoms with E-state index in [1.807, 2.05) is 35.1 Å². The molecule has 18 heavy (non-hydrogen) atoms. The zero-order valence-electron chi connectivity index (χ0n) is 10.0. The third-order valence-corrected chi connectivity index (χ3v) is 2.49. The molecule has 3 N–H and O–H groups in total. The van der Waals surface area contributed by atoms with Crippen molar-refractivity contribution in [1.29, 1.82) is 0 Å². The van der Waals surface area contributed by atoms with Gasteiger partial charge in [0.2, 0.25) is 5.91 Å². The Bertz CT molecular complexity index is 524. The number of amides is 1. The molecule has 1 amide bonds. The quantitative estimate of drug-likeness (QED) is 0.672. The Morgan fingerprint density at radius 1 is 1.50 bits per heavy atom. The van der Waals surface area contributed by atoms with Crippen LogP contribution in [-0.2, 0) is 16.1 Å². The molecule has 6 nitrogen and oxygen atoms in total. The van der Waals surface area contributed by atoms with Crippen LogP contribution in [0.1, 0.15) is 5.56 Å². The molecule has 0 atom stereocenters. The van der Waals surface area contributed by atoms with Crippen LogP contribution in [0.3, 0.4) is 0 Å². The van der Waals surface area contributed by atoms with Crippen molar-refractivity contribution in [2.45, 2.75) is 6.54 Å². The van der Waals surface area contributed by atoms with Crippen LogP contribution in [-0.4, -0.2) is 35.3 Å². The molecule has 0 aromatic carbocycles. The van der Waals surface area contributed by atoms with Gasteiger partial charge in [-0.1, -0.05) is 6.07 Å². The average Bonchev–Trinajstić information content (AvgIpc) is 2.77. The molecular weight excluding hydrogens is 232 g/mol. The lowest BCUT2D eigenvalue weighted by atomic mass is 10.2. The van der Waals surface area contributed by atoms with E-state index in [2.05, 4.69) is 10.4 Å². The molecule has 0 aliphatic heterocycles. The molecule has 2 rings (SSSR count). The normalized spacial score (nSPS) is 10.9. The van der Waals surface area contributed by atoms with E-state index < -0.39 is 5.91 Å². The van der Waals surface area contributed by atoms with Crippen molar-refractivity contribution >= 4 is 11.4 Å². The SMILES string of the molecule is NC(=O)COCCNCc1cnn2ccccc12. The number of carbonyl (C=O) groups is 1. The van der Waals surface area contributed by atoms with Crippen LogP contribution in [0.2, 0.25) is 0 Å². The van der Waals surface area contributed by atoms with Crippen LogP contribution < -0.4 is 11.1 Å². The summed E-state index contributed by atoms with van der Waals surface area (Å²) < 4.78 is 6.88. The van der Waals surface area contributed by atoms with Crippen molar-refractivity contribution in [3.63, 3.8) is 0 Å². The number of fused-ring (bicyclic) bond motifs is 1. The maximum Gasteiger partial charge on any atom is 0.243 e. The molecule has 6 heteroatoms. The molecule has 0 bridgehead atoms. The second-order valence-electron chi connectivity index (χ2n) is 3.90. The predicted molar refractivity (Wildman–Crippen MR) is 66.9 cm³/mol. The summed E-state index contributed by atoms with van der Waals surface area (Å²) >= 11 is 0. The Morgan fingerprint density at radius 3 is 3.22 bits per heavy atom.